The van der Waals surface area contributed by atoms with Crippen LogP contribution in [0, 0.1) is 0 Å². The van der Waals surface area contributed by atoms with Crippen LogP contribution in [0.25, 0.3) is 10.6 Å². The number of ether oxygens (including phenoxy) is 1. The Balaban J connectivity index is 1.67. The molecule has 3 N–H and O–H groups in total. The molecule has 0 bridgehead atoms. The number of amides is 1. The maximum absolute atomic E-state index is 12.7. The van der Waals surface area contributed by atoms with E-state index in [0.717, 1.165) is 23.6 Å². The molecule has 2 aromatic heterocycles. The quantitative estimate of drug-likeness (QED) is 0.521. The summed E-state index contributed by atoms with van der Waals surface area (Å²) in [6, 6.07) is 9.41. The Hall–Kier alpha value is -2.90. The minimum Gasteiger partial charge on any atom is -0.491 e. The van der Waals surface area contributed by atoms with Gasteiger partial charge in [-0.05, 0) is 37.3 Å². The van der Waals surface area contributed by atoms with Crippen LogP contribution in [-0.4, -0.2) is 36.8 Å². The molecule has 166 valence electrons. The van der Waals surface area contributed by atoms with Crippen LogP contribution in [0.5, 0.6) is 5.75 Å². The Kier molecular flexibility index (Phi) is 6.38. The molecule has 3 rings (SSSR count). The fourth-order valence-corrected chi connectivity index (χ4v) is 5.08. The number of nitrogens with zero attached hydrogens (tertiary/aromatic N) is 2. The maximum atomic E-state index is 12.7. The molecular formula is C18H17F3N4O4S2. The lowest BCUT2D eigenvalue weighted by Gasteiger charge is -2.15. The number of hydrogen-bond acceptors (Lipinski definition) is 6. The zero-order valence-electron chi connectivity index (χ0n) is 16.0. The molecule has 0 aliphatic heterocycles. The molecule has 1 amide bonds. The van der Waals surface area contributed by atoms with E-state index in [1.165, 1.54) is 24.3 Å². The summed E-state index contributed by atoms with van der Waals surface area (Å²) in [6.07, 6.45) is -3.90. The third-order valence-corrected chi connectivity index (χ3v) is 7.13. The summed E-state index contributed by atoms with van der Waals surface area (Å²) in [5, 5.41) is 3.42. The highest BCUT2D eigenvalue weighted by molar-refractivity contribution is 7.91. The SMILES string of the molecule is C[C@@H](COc1ccccc1C(N)=O)NS(=O)(=O)c1ccc(-c2ccn(C(F)(F)F)n2)s1. The lowest BCUT2D eigenvalue weighted by Crippen LogP contribution is -2.36. The normalized spacial score (nSPS) is 13.2. The molecule has 0 aliphatic rings. The Morgan fingerprint density at radius 1 is 1.26 bits per heavy atom. The van der Waals surface area contributed by atoms with Crippen molar-refractivity contribution in [2.75, 3.05) is 6.61 Å². The van der Waals surface area contributed by atoms with Crippen LogP contribution in [0.1, 0.15) is 17.3 Å². The van der Waals surface area contributed by atoms with E-state index in [2.05, 4.69) is 9.82 Å². The van der Waals surface area contributed by atoms with Gasteiger partial charge in [-0.25, -0.2) is 13.1 Å². The number of nitrogens with one attached hydrogen (secondary N) is 1. The summed E-state index contributed by atoms with van der Waals surface area (Å²) >= 11 is 0.784. The molecule has 0 aliphatic carbocycles. The number of hydrogen-bond donors (Lipinski definition) is 2. The van der Waals surface area contributed by atoms with Crippen molar-refractivity contribution < 1.29 is 31.1 Å². The largest absolute Gasteiger partial charge is 0.504 e. The summed E-state index contributed by atoms with van der Waals surface area (Å²) in [7, 11) is -3.96. The predicted molar refractivity (Wildman–Crippen MR) is 107 cm³/mol. The van der Waals surface area contributed by atoms with Gasteiger partial charge in [0.2, 0.25) is 10.0 Å². The molecule has 2 heterocycles. The zero-order chi connectivity index (χ0) is 22.8. The minimum absolute atomic E-state index is 0.00298. The standard InChI is InChI=1S/C18H17F3N4O4S2/c1-11(10-29-14-5-3-2-4-12(14)17(22)26)24-31(27,28)16-7-6-15(30-16)13-8-9-25(23-13)18(19,20)21/h2-9,11,24H,10H2,1H3,(H2,22,26)/t11-/m0/s1. The van der Waals surface area contributed by atoms with E-state index in [4.69, 9.17) is 10.5 Å². The van der Waals surface area contributed by atoms with E-state index >= 15 is 0 Å². The Morgan fingerprint density at radius 2 is 1.97 bits per heavy atom. The van der Waals surface area contributed by atoms with Crippen LogP contribution in [0.3, 0.4) is 0 Å². The summed E-state index contributed by atoms with van der Waals surface area (Å²) in [5.41, 5.74) is 5.44. The van der Waals surface area contributed by atoms with E-state index in [0.29, 0.717) is 0 Å². The average molecular weight is 474 g/mol. The van der Waals surface area contributed by atoms with Crippen molar-refractivity contribution in [1.29, 1.82) is 0 Å². The van der Waals surface area contributed by atoms with Gasteiger partial charge in [0.1, 0.15) is 22.3 Å². The number of thiophene rings is 1. The maximum Gasteiger partial charge on any atom is 0.504 e. The number of nitrogens with two attached hydrogens (primary N) is 1. The van der Waals surface area contributed by atoms with Crippen LogP contribution in [0.4, 0.5) is 13.2 Å². The smallest absolute Gasteiger partial charge is 0.491 e. The van der Waals surface area contributed by atoms with Gasteiger partial charge in [0.25, 0.3) is 5.91 Å². The van der Waals surface area contributed by atoms with Crippen LogP contribution in [0.15, 0.2) is 52.9 Å². The molecule has 1 atom stereocenters. The number of para-hydroxylation sites is 1. The van der Waals surface area contributed by atoms with Crippen LogP contribution < -0.4 is 15.2 Å². The van der Waals surface area contributed by atoms with Crippen molar-refractivity contribution in [3.63, 3.8) is 0 Å². The second-order valence-corrected chi connectivity index (χ2v) is 9.45. The highest BCUT2D eigenvalue weighted by Crippen LogP contribution is 2.31. The Morgan fingerprint density at radius 3 is 2.61 bits per heavy atom. The molecule has 0 saturated carbocycles. The van der Waals surface area contributed by atoms with Gasteiger partial charge in [0.15, 0.2) is 0 Å². The van der Waals surface area contributed by atoms with Gasteiger partial charge in [0.05, 0.1) is 16.5 Å². The van der Waals surface area contributed by atoms with Crippen molar-refractivity contribution >= 4 is 27.3 Å². The predicted octanol–water partition coefficient (Wildman–Crippen LogP) is 2.93. The number of carbonyl (C=O) groups excluding carboxylic acids is 1. The van der Waals surface area contributed by atoms with Crippen molar-refractivity contribution in [3.8, 4) is 16.3 Å². The van der Waals surface area contributed by atoms with E-state index in [9.17, 15) is 26.4 Å². The summed E-state index contributed by atoms with van der Waals surface area (Å²) in [6.45, 7) is 1.47. The monoisotopic (exact) mass is 474 g/mol. The van der Waals surface area contributed by atoms with Gasteiger partial charge in [0, 0.05) is 6.20 Å². The average Bonchev–Trinajstić information content (AvgIpc) is 3.35. The molecule has 0 saturated heterocycles. The summed E-state index contributed by atoms with van der Waals surface area (Å²) < 4.78 is 70.9. The van der Waals surface area contributed by atoms with E-state index in [-0.39, 0.29) is 37.4 Å². The lowest BCUT2D eigenvalue weighted by atomic mass is 10.2. The highest BCUT2D eigenvalue weighted by Gasteiger charge is 2.32. The van der Waals surface area contributed by atoms with Crippen LogP contribution >= 0.6 is 11.3 Å². The molecule has 0 radical (unpaired) electrons. The third kappa shape index (κ3) is 5.42. The first-order valence-corrected chi connectivity index (χ1v) is 11.0. The van der Waals surface area contributed by atoms with E-state index < -0.39 is 28.3 Å². The molecular weight excluding hydrogens is 457 g/mol. The van der Waals surface area contributed by atoms with Gasteiger partial charge >= 0.3 is 6.30 Å². The minimum atomic E-state index is -4.66. The number of rotatable bonds is 8. The number of sulfonamides is 1. The van der Waals surface area contributed by atoms with Gasteiger partial charge in [-0.15, -0.1) is 24.5 Å². The lowest BCUT2D eigenvalue weighted by molar-refractivity contribution is -0.212. The van der Waals surface area contributed by atoms with Crippen LogP contribution in [-0.2, 0) is 16.3 Å². The third-order valence-electron chi connectivity index (χ3n) is 3.95. The Bertz CT molecular complexity index is 1190. The van der Waals surface area contributed by atoms with E-state index in [1.807, 2.05) is 0 Å². The first-order valence-electron chi connectivity index (χ1n) is 8.74. The number of primary amides is 1. The van der Waals surface area contributed by atoms with Crippen LogP contribution in [0.2, 0.25) is 0 Å². The van der Waals surface area contributed by atoms with Gasteiger partial charge in [-0.3, -0.25) is 4.79 Å². The highest BCUT2D eigenvalue weighted by atomic mass is 32.2. The number of halogens is 3. The Labute approximate surface area is 179 Å². The molecule has 0 spiro atoms. The number of benzene rings is 1. The first kappa shape index (κ1) is 22.8. The number of alkyl halides is 3. The van der Waals surface area contributed by atoms with Crippen molar-refractivity contribution in [3.05, 3.63) is 54.2 Å². The fourth-order valence-electron chi connectivity index (χ4n) is 2.57. The first-order chi connectivity index (χ1) is 14.5. The topological polar surface area (TPSA) is 116 Å². The fraction of sp³-hybridized carbons (Fsp3) is 0.222. The van der Waals surface area contributed by atoms with Gasteiger partial charge < -0.3 is 10.5 Å². The van der Waals surface area contributed by atoms with Crippen molar-refractivity contribution in [2.45, 2.75) is 23.5 Å². The molecule has 31 heavy (non-hydrogen) atoms. The van der Waals surface area contributed by atoms with E-state index in [1.54, 1.807) is 19.1 Å². The van der Waals surface area contributed by atoms with Crippen molar-refractivity contribution in [1.82, 2.24) is 14.5 Å². The van der Waals surface area contributed by atoms with Gasteiger partial charge in [-0.2, -0.15) is 9.78 Å². The molecule has 13 heteroatoms. The second-order valence-electron chi connectivity index (χ2n) is 6.43. The number of carbonyl (C=O) groups is 1. The van der Waals surface area contributed by atoms with Crippen molar-refractivity contribution in [2.24, 2.45) is 5.73 Å². The zero-order valence-corrected chi connectivity index (χ0v) is 17.6. The summed E-state index contributed by atoms with van der Waals surface area (Å²) in [5.74, 6) is -0.456. The molecule has 8 nitrogen and oxygen atoms in total. The second kappa shape index (κ2) is 8.69. The van der Waals surface area contributed by atoms with Gasteiger partial charge in [-0.1, -0.05) is 12.1 Å². The molecule has 3 aromatic rings. The summed E-state index contributed by atoms with van der Waals surface area (Å²) in [4.78, 5) is 11.7. The molecule has 0 unspecified atom stereocenters. The molecule has 0 fully saturated rings. The molecule has 1 aromatic carbocycles. The number of aromatic nitrogens is 2.